The lowest BCUT2D eigenvalue weighted by Crippen LogP contribution is -2.25. The van der Waals surface area contributed by atoms with Crippen molar-refractivity contribution in [1.82, 2.24) is 0 Å². The van der Waals surface area contributed by atoms with Crippen LogP contribution in [0.4, 0.5) is 0 Å². The van der Waals surface area contributed by atoms with Crippen LogP contribution in [0.3, 0.4) is 0 Å². The summed E-state index contributed by atoms with van der Waals surface area (Å²) in [6.07, 6.45) is 2.17. The zero-order valence-corrected chi connectivity index (χ0v) is 11.9. The van der Waals surface area contributed by atoms with E-state index in [0.29, 0.717) is 11.3 Å². The first-order chi connectivity index (χ1) is 9.45. The molecule has 0 aliphatic rings. The van der Waals surface area contributed by atoms with Gasteiger partial charge in [0, 0.05) is 18.7 Å². The molecule has 0 aliphatic carbocycles. The second-order valence-electron chi connectivity index (χ2n) is 4.58. The number of carboxylic acid groups (broad SMARTS) is 1. The molecule has 5 heteroatoms. The van der Waals surface area contributed by atoms with Gasteiger partial charge in [-0.15, -0.1) is 0 Å². The van der Waals surface area contributed by atoms with Gasteiger partial charge in [0.1, 0.15) is 11.8 Å². The molecule has 5 nitrogen and oxygen atoms in total. The first-order valence-corrected chi connectivity index (χ1v) is 6.49. The number of benzene rings is 1. The number of rotatable bonds is 6. The molecule has 1 rings (SSSR count). The van der Waals surface area contributed by atoms with E-state index in [0.717, 1.165) is 6.42 Å². The first kappa shape index (κ1) is 15.9. The second-order valence-corrected chi connectivity index (χ2v) is 4.58. The summed E-state index contributed by atoms with van der Waals surface area (Å²) >= 11 is 0. The molecular formula is C15H19NO4. The van der Waals surface area contributed by atoms with Gasteiger partial charge in [0.15, 0.2) is 0 Å². The third-order valence-electron chi connectivity index (χ3n) is 2.98. The molecule has 1 aromatic carbocycles. The van der Waals surface area contributed by atoms with E-state index in [1.807, 2.05) is 13.8 Å². The molecular weight excluding hydrogens is 258 g/mol. The van der Waals surface area contributed by atoms with Crippen LogP contribution in [0.2, 0.25) is 0 Å². The van der Waals surface area contributed by atoms with Crippen LogP contribution in [0, 0.1) is 5.92 Å². The van der Waals surface area contributed by atoms with E-state index in [-0.39, 0.29) is 5.92 Å². The SMILES string of the molecule is CC[C@H](C)[C@H](N=Cc1ccccc1OC(C)=O)C(=O)O. The molecule has 0 fully saturated rings. The summed E-state index contributed by atoms with van der Waals surface area (Å²) in [5.41, 5.74) is 0.581. The van der Waals surface area contributed by atoms with Crippen molar-refractivity contribution in [2.24, 2.45) is 10.9 Å². The first-order valence-electron chi connectivity index (χ1n) is 6.49. The molecule has 0 aliphatic heterocycles. The largest absolute Gasteiger partial charge is 0.480 e. The van der Waals surface area contributed by atoms with Gasteiger partial charge in [-0.2, -0.15) is 0 Å². The Morgan fingerprint density at radius 3 is 2.60 bits per heavy atom. The van der Waals surface area contributed by atoms with Gasteiger partial charge in [-0.3, -0.25) is 9.79 Å². The van der Waals surface area contributed by atoms with E-state index in [4.69, 9.17) is 9.84 Å². The Morgan fingerprint density at radius 2 is 2.05 bits per heavy atom. The van der Waals surface area contributed by atoms with E-state index in [2.05, 4.69) is 4.99 Å². The van der Waals surface area contributed by atoms with Crippen molar-refractivity contribution in [1.29, 1.82) is 0 Å². The number of hydrogen-bond donors (Lipinski definition) is 1. The Morgan fingerprint density at radius 1 is 1.40 bits per heavy atom. The molecule has 0 heterocycles. The van der Waals surface area contributed by atoms with Gasteiger partial charge in [-0.1, -0.05) is 32.4 Å². The molecule has 108 valence electrons. The van der Waals surface area contributed by atoms with E-state index in [9.17, 15) is 9.59 Å². The molecule has 0 spiro atoms. The van der Waals surface area contributed by atoms with Crippen LogP contribution in [0.15, 0.2) is 29.3 Å². The van der Waals surface area contributed by atoms with Crippen LogP contribution < -0.4 is 4.74 Å². The number of para-hydroxylation sites is 1. The van der Waals surface area contributed by atoms with Crippen LogP contribution in [0.25, 0.3) is 0 Å². The smallest absolute Gasteiger partial charge is 0.328 e. The fourth-order valence-corrected chi connectivity index (χ4v) is 1.67. The average Bonchev–Trinajstić information content (AvgIpc) is 2.39. The van der Waals surface area contributed by atoms with Gasteiger partial charge in [-0.25, -0.2) is 4.79 Å². The third kappa shape index (κ3) is 4.50. The van der Waals surface area contributed by atoms with Crippen molar-refractivity contribution < 1.29 is 19.4 Å². The highest BCUT2D eigenvalue weighted by Crippen LogP contribution is 2.17. The van der Waals surface area contributed by atoms with E-state index in [1.54, 1.807) is 24.3 Å². The Kier molecular flexibility index (Phi) is 5.90. The summed E-state index contributed by atoms with van der Waals surface area (Å²) < 4.78 is 5.05. The second kappa shape index (κ2) is 7.43. The van der Waals surface area contributed by atoms with Gasteiger partial charge in [0.25, 0.3) is 0 Å². The minimum absolute atomic E-state index is 0.0652. The van der Waals surface area contributed by atoms with Crippen LogP contribution in [-0.4, -0.2) is 29.3 Å². The average molecular weight is 277 g/mol. The molecule has 0 bridgehead atoms. The number of esters is 1. The van der Waals surface area contributed by atoms with Crippen molar-refractivity contribution in [2.75, 3.05) is 0 Å². The summed E-state index contributed by atoms with van der Waals surface area (Å²) in [6.45, 7) is 5.07. The Bertz CT molecular complexity index is 510. The van der Waals surface area contributed by atoms with E-state index in [1.165, 1.54) is 13.1 Å². The maximum atomic E-state index is 11.2. The molecule has 20 heavy (non-hydrogen) atoms. The summed E-state index contributed by atoms with van der Waals surface area (Å²) in [7, 11) is 0. The topological polar surface area (TPSA) is 76.0 Å². The van der Waals surface area contributed by atoms with Gasteiger partial charge < -0.3 is 9.84 Å². The minimum Gasteiger partial charge on any atom is -0.480 e. The standard InChI is InChI=1S/C15H19NO4/c1-4-10(2)14(15(18)19)16-9-12-7-5-6-8-13(12)20-11(3)17/h5-10,14H,4H2,1-3H3,(H,18,19)/t10-,14-/m0/s1. The molecule has 0 unspecified atom stereocenters. The molecule has 0 aromatic heterocycles. The number of carbonyl (C=O) groups excluding carboxylic acids is 1. The minimum atomic E-state index is -0.958. The number of carbonyl (C=O) groups is 2. The van der Waals surface area contributed by atoms with Crippen LogP contribution in [-0.2, 0) is 9.59 Å². The monoisotopic (exact) mass is 277 g/mol. The third-order valence-corrected chi connectivity index (χ3v) is 2.98. The predicted molar refractivity (Wildman–Crippen MR) is 76.2 cm³/mol. The Labute approximate surface area is 118 Å². The fraction of sp³-hybridized carbons (Fsp3) is 0.400. The molecule has 0 radical (unpaired) electrons. The lowest BCUT2D eigenvalue weighted by molar-refractivity contribution is -0.139. The fourth-order valence-electron chi connectivity index (χ4n) is 1.67. The highest BCUT2D eigenvalue weighted by atomic mass is 16.5. The zero-order chi connectivity index (χ0) is 15.1. The highest BCUT2D eigenvalue weighted by molar-refractivity contribution is 5.87. The molecule has 0 saturated heterocycles. The molecule has 2 atom stereocenters. The number of carboxylic acids is 1. The molecule has 0 saturated carbocycles. The van der Waals surface area contributed by atoms with Gasteiger partial charge in [0.2, 0.25) is 0 Å². The van der Waals surface area contributed by atoms with Gasteiger partial charge >= 0.3 is 11.9 Å². The summed E-state index contributed by atoms with van der Waals surface area (Å²) in [4.78, 5) is 26.3. The maximum Gasteiger partial charge on any atom is 0.328 e. The Balaban J connectivity index is 2.98. The number of ether oxygens (including phenoxy) is 1. The van der Waals surface area contributed by atoms with Crippen molar-refractivity contribution in [3.05, 3.63) is 29.8 Å². The number of nitrogens with zero attached hydrogens (tertiary/aromatic N) is 1. The van der Waals surface area contributed by atoms with Crippen molar-refractivity contribution in [2.45, 2.75) is 33.2 Å². The number of aliphatic carboxylic acids is 1. The van der Waals surface area contributed by atoms with Gasteiger partial charge in [-0.05, 0) is 18.1 Å². The van der Waals surface area contributed by atoms with E-state index < -0.39 is 18.0 Å². The van der Waals surface area contributed by atoms with Gasteiger partial charge in [0.05, 0.1) is 0 Å². The lowest BCUT2D eigenvalue weighted by atomic mass is 10.00. The number of hydrogen-bond acceptors (Lipinski definition) is 4. The normalized spacial score (nSPS) is 13.9. The molecule has 0 amide bonds. The summed E-state index contributed by atoms with van der Waals surface area (Å²) in [5, 5.41) is 9.17. The Hall–Kier alpha value is -2.17. The van der Waals surface area contributed by atoms with Crippen LogP contribution in [0.5, 0.6) is 5.75 Å². The van der Waals surface area contributed by atoms with Crippen molar-refractivity contribution >= 4 is 18.2 Å². The van der Waals surface area contributed by atoms with Crippen LogP contribution in [0.1, 0.15) is 32.8 Å². The quantitative estimate of drug-likeness (QED) is 0.492. The van der Waals surface area contributed by atoms with E-state index >= 15 is 0 Å². The molecule has 1 N–H and O–H groups in total. The summed E-state index contributed by atoms with van der Waals surface area (Å²) in [6, 6.07) is 6.07. The molecule has 1 aromatic rings. The van der Waals surface area contributed by atoms with Crippen molar-refractivity contribution in [3.8, 4) is 5.75 Å². The zero-order valence-electron chi connectivity index (χ0n) is 11.9. The van der Waals surface area contributed by atoms with Crippen molar-refractivity contribution in [3.63, 3.8) is 0 Å². The number of aliphatic imine (C=N–C) groups is 1. The van der Waals surface area contributed by atoms with Crippen LogP contribution >= 0.6 is 0 Å². The predicted octanol–water partition coefficient (Wildman–Crippen LogP) is 2.53. The highest BCUT2D eigenvalue weighted by Gasteiger charge is 2.21. The lowest BCUT2D eigenvalue weighted by Gasteiger charge is -2.14. The maximum absolute atomic E-state index is 11.2. The summed E-state index contributed by atoms with van der Waals surface area (Å²) in [5.74, 6) is -1.08.